The molecule has 0 aliphatic heterocycles. The number of hydrogen-bond donors (Lipinski definition) is 2. The van der Waals surface area contributed by atoms with Crippen LogP contribution in [0.25, 0.3) is 0 Å². The molecule has 0 fully saturated rings. The quantitative estimate of drug-likeness (QED) is 0.535. The lowest BCUT2D eigenvalue weighted by Crippen LogP contribution is -2.34. The molecule has 118 valence electrons. The number of hydrogen-bond acceptors (Lipinski definition) is 6. The van der Waals surface area contributed by atoms with Crippen molar-refractivity contribution < 1.29 is 4.79 Å². The molecule has 0 aromatic carbocycles. The second-order valence-corrected chi connectivity index (χ2v) is 5.82. The molecule has 4 N–H and O–H groups in total. The number of amides is 1. The van der Waals surface area contributed by atoms with E-state index in [4.69, 9.17) is 11.5 Å². The van der Waals surface area contributed by atoms with Crippen LogP contribution in [0.3, 0.4) is 0 Å². The van der Waals surface area contributed by atoms with Crippen LogP contribution in [-0.2, 0) is 4.79 Å². The first-order chi connectivity index (χ1) is 10.1. The Bertz CT molecular complexity index is 427. The number of nitrogens with zero attached hydrogens (tertiary/aromatic N) is 3. The van der Waals surface area contributed by atoms with Gasteiger partial charge < -0.3 is 16.4 Å². The Morgan fingerprint density at radius 3 is 2.14 bits per heavy atom. The lowest BCUT2D eigenvalue weighted by atomic mass is 10.2. The molecule has 0 bridgehead atoms. The Balaban J connectivity index is 2.55. The summed E-state index contributed by atoms with van der Waals surface area (Å²) in [7, 11) is 0. The monoisotopic (exact) mass is 311 g/mol. The number of thioether (sulfide) groups is 1. The van der Waals surface area contributed by atoms with Gasteiger partial charge in [-0.2, -0.15) is 0 Å². The van der Waals surface area contributed by atoms with Crippen molar-refractivity contribution in [2.24, 2.45) is 0 Å². The highest BCUT2D eigenvalue weighted by molar-refractivity contribution is 7.99. The number of carbonyl (C=O) groups excluding carboxylic acids is 1. The summed E-state index contributed by atoms with van der Waals surface area (Å²) in [6.45, 7) is 5.88. The van der Waals surface area contributed by atoms with Gasteiger partial charge in [0.25, 0.3) is 0 Å². The van der Waals surface area contributed by atoms with E-state index in [0.717, 1.165) is 38.8 Å². The first-order valence-electron chi connectivity index (χ1n) is 7.37. The van der Waals surface area contributed by atoms with Crippen LogP contribution in [0.4, 0.5) is 11.6 Å². The Morgan fingerprint density at radius 1 is 1.14 bits per heavy atom. The molecule has 0 radical (unpaired) electrons. The van der Waals surface area contributed by atoms with Gasteiger partial charge in [-0.25, -0.2) is 9.97 Å². The number of unbranched alkanes of at least 4 members (excludes halogenated alkanes) is 2. The topological polar surface area (TPSA) is 98.1 Å². The van der Waals surface area contributed by atoms with Crippen molar-refractivity contribution in [3.05, 3.63) is 6.07 Å². The van der Waals surface area contributed by atoms with E-state index in [1.807, 2.05) is 4.90 Å². The van der Waals surface area contributed by atoms with Gasteiger partial charge in [-0.05, 0) is 12.8 Å². The number of carbonyl (C=O) groups is 1. The van der Waals surface area contributed by atoms with E-state index in [2.05, 4.69) is 23.8 Å². The molecule has 6 nitrogen and oxygen atoms in total. The summed E-state index contributed by atoms with van der Waals surface area (Å²) in [4.78, 5) is 22.3. The summed E-state index contributed by atoms with van der Waals surface area (Å²) in [6, 6.07) is 1.50. The van der Waals surface area contributed by atoms with Gasteiger partial charge in [-0.15, -0.1) is 0 Å². The largest absolute Gasteiger partial charge is 0.383 e. The minimum absolute atomic E-state index is 0.117. The molecule has 21 heavy (non-hydrogen) atoms. The molecule has 7 heteroatoms. The summed E-state index contributed by atoms with van der Waals surface area (Å²) in [5.41, 5.74) is 11.2. The molecular formula is C14H25N5OS. The standard InChI is InChI=1S/C14H25N5OS/c1-3-5-7-19(8-6-4-2)13(20)10-21-14-17-11(15)9-12(16)18-14/h9H,3-8,10H2,1-2H3,(H4,15,16,17,18). The van der Waals surface area contributed by atoms with E-state index in [1.54, 1.807) is 0 Å². The van der Waals surface area contributed by atoms with Crippen LogP contribution in [0.15, 0.2) is 11.2 Å². The smallest absolute Gasteiger partial charge is 0.233 e. The zero-order valence-corrected chi connectivity index (χ0v) is 13.7. The van der Waals surface area contributed by atoms with Crippen molar-refractivity contribution in [3.63, 3.8) is 0 Å². The Hall–Kier alpha value is -1.50. The minimum atomic E-state index is 0.117. The van der Waals surface area contributed by atoms with E-state index < -0.39 is 0 Å². The second-order valence-electron chi connectivity index (χ2n) is 4.88. The van der Waals surface area contributed by atoms with Crippen molar-refractivity contribution in [1.29, 1.82) is 0 Å². The number of nitrogens with two attached hydrogens (primary N) is 2. The van der Waals surface area contributed by atoms with Gasteiger partial charge in [0, 0.05) is 19.2 Å². The number of rotatable bonds is 9. The van der Waals surface area contributed by atoms with Gasteiger partial charge in [0.1, 0.15) is 11.6 Å². The molecule has 1 aromatic rings. The molecule has 0 saturated carbocycles. The predicted molar refractivity (Wildman–Crippen MR) is 88.0 cm³/mol. The van der Waals surface area contributed by atoms with Gasteiger partial charge in [0.15, 0.2) is 5.16 Å². The Kier molecular flexibility index (Phi) is 7.89. The van der Waals surface area contributed by atoms with Crippen LogP contribution in [0, 0.1) is 0 Å². The zero-order valence-electron chi connectivity index (χ0n) is 12.8. The first kappa shape index (κ1) is 17.6. The fourth-order valence-corrected chi connectivity index (χ4v) is 2.58. The van der Waals surface area contributed by atoms with Crippen LogP contribution in [0.5, 0.6) is 0 Å². The van der Waals surface area contributed by atoms with Gasteiger partial charge in [0.05, 0.1) is 5.75 Å². The normalized spacial score (nSPS) is 10.6. The van der Waals surface area contributed by atoms with Gasteiger partial charge >= 0.3 is 0 Å². The fraction of sp³-hybridized carbons (Fsp3) is 0.643. The average molecular weight is 311 g/mol. The summed E-state index contributed by atoms with van der Waals surface area (Å²) in [5, 5.41) is 0.451. The van der Waals surface area contributed by atoms with Crippen molar-refractivity contribution in [3.8, 4) is 0 Å². The number of nitrogen functional groups attached to an aromatic ring is 2. The van der Waals surface area contributed by atoms with Crippen molar-refractivity contribution in [2.75, 3.05) is 30.3 Å². The highest BCUT2D eigenvalue weighted by atomic mass is 32.2. The van der Waals surface area contributed by atoms with Crippen LogP contribution < -0.4 is 11.5 Å². The maximum Gasteiger partial charge on any atom is 0.233 e. The van der Waals surface area contributed by atoms with Crippen LogP contribution in [0.2, 0.25) is 0 Å². The number of aromatic nitrogens is 2. The maximum absolute atomic E-state index is 12.3. The minimum Gasteiger partial charge on any atom is -0.383 e. The number of anilines is 2. The molecule has 0 atom stereocenters. The van der Waals surface area contributed by atoms with E-state index in [9.17, 15) is 4.79 Å². The summed E-state index contributed by atoms with van der Waals surface area (Å²) in [5.74, 6) is 1.08. The molecule has 0 spiro atoms. The second kappa shape index (κ2) is 9.44. The molecule has 0 aliphatic carbocycles. The fourth-order valence-electron chi connectivity index (χ4n) is 1.80. The molecule has 1 rings (SSSR count). The lowest BCUT2D eigenvalue weighted by Gasteiger charge is -2.22. The summed E-state index contributed by atoms with van der Waals surface area (Å²) < 4.78 is 0. The van der Waals surface area contributed by atoms with Crippen LogP contribution >= 0.6 is 11.8 Å². The van der Waals surface area contributed by atoms with Gasteiger partial charge in [-0.1, -0.05) is 38.5 Å². The van der Waals surface area contributed by atoms with Crippen LogP contribution in [-0.4, -0.2) is 39.6 Å². The van der Waals surface area contributed by atoms with Crippen molar-refractivity contribution >= 4 is 29.3 Å². The van der Waals surface area contributed by atoms with Gasteiger partial charge in [-0.3, -0.25) is 4.79 Å². The third-order valence-electron chi connectivity index (χ3n) is 2.99. The molecule has 1 aromatic heterocycles. The molecule has 1 heterocycles. The van der Waals surface area contributed by atoms with Crippen molar-refractivity contribution in [2.45, 2.75) is 44.7 Å². The maximum atomic E-state index is 12.3. The highest BCUT2D eigenvalue weighted by Crippen LogP contribution is 2.17. The molecule has 1 amide bonds. The summed E-state index contributed by atoms with van der Waals surface area (Å²) in [6.07, 6.45) is 4.22. The highest BCUT2D eigenvalue weighted by Gasteiger charge is 2.14. The van der Waals surface area contributed by atoms with E-state index in [-0.39, 0.29) is 5.91 Å². The van der Waals surface area contributed by atoms with E-state index in [1.165, 1.54) is 17.8 Å². The lowest BCUT2D eigenvalue weighted by molar-refractivity contribution is -0.128. The first-order valence-corrected chi connectivity index (χ1v) is 8.36. The Labute approximate surface area is 130 Å². The summed E-state index contributed by atoms with van der Waals surface area (Å²) >= 11 is 1.28. The third-order valence-corrected chi connectivity index (χ3v) is 3.82. The zero-order chi connectivity index (χ0) is 15.7. The molecule has 0 aliphatic rings. The van der Waals surface area contributed by atoms with Crippen LogP contribution in [0.1, 0.15) is 39.5 Å². The third kappa shape index (κ3) is 6.66. The predicted octanol–water partition coefficient (Wildman–Crippen LogP) is 2.16. The van der Waals surface area contributed by atoms with E-state index >= 15 is 0 Å². The molecule has 0 unspecified atom stereocenters. The Morgan fingerprint density at radius 2 is 1.67 bits per heavy atom. The average Bonchev–Trinajstić information content (AvgIpc) is 2.44. The molecular weight excluding hydrogens is 286 g/mol. The SMILES string of the molecule is CCCCN(CCCC)C(=O)CSc1nc(N)cc(N)n1. The molecule has 0 saturated heterocycles. The van der Waals surface area contributed by atoms with Crippen molar-refractivity contribution in [1.82, 2.24) is 14.9 Å². The van der Waals surface area contributed by atoms with E-state index in [0.29, 0.717) is 22.5 Å². The van der Waals surface area contributed by atoms with Gasteiger partial charge in [0.2, 0.25) is 5.91 Å².